The van der Waals surface area contributed by atoms with Crippen LogP contribution in [0.4, 0.5) is 0 Å². The van der Waals surface area contributed by atoms with Gasteiger partial charge in [-0.15, -0.1) is 0 Å². The van der Waals surface area contributed by atoms with Gasteiger partial charge in [-0.2, -0.15) is 5.26 Å². The molecular formula is C24H39N. The molecule has 0 heterocycles. The Balaban J connectivity index is 1.54. The van der Waals surface area contributed by atoms with Crippen LogP contribution < -0.4 is 0 Å². The predicted molar refractivity (Wildman–Crippen MR) is 104 cm³/mol. The van der Waals surface area contributed by atoms with Gasteiger partial charge in [0, 0.05) is 6.42 Å². The van der Waals surface area contributed by atoms with Gasteiger partial charge in [0.05, 0.1) is 6.07 Å². The second-order valence-corrected chi connectivity index (χ2v) is 10.8. The van der Waals surface area contributed by atoms with Crippen LogP contribution in [0.25, 0.3) is 0 Å². The van der Waals surface area contributed by atoms with Crippen molar-refractivity contribution in [2.75, 3.05) is 0 Å². The van der Waals surface area contributed by atoms with Crippen molar-refractivity contribution in [3.8, 4) is 6.07 Å². The number of nitriles is 1. The lowest BCUT2D eigenvalue weighted by atomic mass is 9.44. The van der Waals surface area contributed by atoms with Gasteiger partial charge in [-0.3, -0.25) is 0 Å². The SMILES string of the molecule is C[C@H](CCC#N)C1CCC2C3CCC4CCCCC4(C)C3CCC21C. The molecular weight excluding hydrogens is 302 g/mol. The molecule has 0 aliphatic heterocycles. The first-order valence-corrected chi connectivity index (χ1v) is 11.4. The zero-order chi connectivity index (χ0) is 17.7. The topological polar surface area (TPSA) is 23.8 Å². The van der Waals surface area contributed by atoms with Gasteiger partial charge < -0.3 is 0 Å². The molecule has 0 aromatic carbocycles. The van der Waals surface area contributed by atoms with E-state index in [9.17, 15) is 0 Å². The van der Waals surface area contributed by atoms with Crippen LogP contribution in [-0.2, 0) is 0 Å². The van der Waals surface area contributed by atoms with Gasteiger partial charge in [-0.1, -0.05) is 33.6 Å². The predicted octanol–water partition coefficient (Wildman–Crippen LogP) is 6.98. The molecule has 7 unspecified atom stereocenters. The van der Waals surface area contributed by atoms with Crippen LogP contribution in [0.5, 0.6) is 0 Å². The lowest BCUT2D eigenvalue weighted by Crippen LogP contribution is -2.53. The van der Waals surface area contributed by atoms with E-state index >= 15 is 0 Å². The van der Waals surface area contributed by atoms with Gasteiger partial charge in [0.25, 0.3) is 0 Å². The Morgan fingerprint density at radius 2 is 1.72 bits per heavy atom. The normalized spacial score (nSPS) is 50.2. The standard InChI is InChI=1S/C24H39N/c1-17(7-6-16-25)20-11-12-21-19-10-9-18-8-4-5-14-23(18,2)22(19)13-15-24(20,21)3/h17-22H,4-15H2,1-3H3/t17-,18?,19?,20?,21?,22?,23?,24?/m1/s1. The van der Waals surface area contributed by atoms with Crippen LogP contribution in [-0.4, -0.2) is 0 Å². The first-order chi connectivity index (χ1) is 12.0. The molecule has 4 saturated carbocycles. The molecule has 0 bridgehead atoms. The quantitative estimate of drug-likeness (QED) is 0.543. The van der Waals surface area contributed by atoms with Gasteiger partial charge in [-0.05, 0) is 104 Å². The van der Waals surface area contributed by atoms with E-state index in [1.165, 1.54) is 64.2 Å². The first kappa shape index (κ1) is 17.9. The third-order valence-electron chi connectivity index (χ3n) is 10.1. The highest BCUT2D eigenvalue weighted by molar-refractivity contribution is 5.09. The van der Waals surface area contributed by atoms with Crippen molar-refractivity contribution >= 4 is 0 Å². The summed E-state index contributed by atoms with van der Waals surface area (Å²) in [6.45, 7) is 7.79. The first-order valence-electron chi connectivity index (χ1n) is 11.4. The van der Waals surface area contributed by atoms with E-state index < -0.39 is 0 Å². The van der Waals surface area contributed by atoms with Crippen LogP contribution in [0.3, 0.4) is 0 Å². The maximum absolute atomic E-state index is 9.00. The molecule has 4 rings (SSSR count). The van der Waals surface area contributed by atoms with Crippen molar-refractivity contribution < 1.29 is 0 Å². The number of rotatable bonds is 3. The Morgan fingerprint density at radius 3 is 2.52 bits per heavy atom. The lowest BCUT2D eigenvalue weighted by Gasteiger charge is -2.61. The minimum absolute atomic E-state index is 0.577. The second-order valence-electron chi connectivity index (χ2n) is 10.8. The van der Waals surface area contributed by atoms with Crippen LogP contribution in [0.2, 0.25) is 0 Å². The molecule has 0 spiro atoms. The maximum Gasteiger partial charge on any atom is 0.0621 e. The molecule has 0 radical (unpaired) electrons. The maximum atomic E-state index is 9.00. The Bertz CT molecular complexity index is 533. The Morgan fingerprint density at radius 1 is 0.920 bits per heavy atom. The van der Waals surface area contributed by atoms with E-state index in [4.69, 9.17) is 5.26 Å². The Hall–Kier alpha value is -0.510. The fraction of sp³-hybridized carbons (Fsp3) is 0.958. The number of hydrogen-bond acceptors (Lipinski definition) is 1. The smallest absolute Gasteiger partial charge is 0.0621 e. The summed E-state index contributed by atoms with van der Waals surface area (Å²) in [7, 11) is 0. The summed E-state index contributed by atoms with van der Waals surface area (Å²) < 4.78 is 0. The molecule has 4 fully saturated rings. The van der Waals surface area contributed by atoms with Crippen molar-refractivity contribution in [2.24, 2.45) is 46.3 Å². The van der Waals surface area contributed by atoms with Gasteiger partial charge >= 0.3 is 0 Å². The Kier molecular flexibility index (Phi) is 4.71. The van der Waals surface area contributed by atoms with Gasteiger partial charge in [0.15, 0.2) is 0 Å². The zero-order valence-corrected chi connectivity index (χ0v) is 16.9. The minimum Gasteiger partial charge on any atom is -0.198 e. The monoisotopic (exact) mass is 341 g/mol. The van der Waals surface area contributed by atoms with Crippen molar-refractivity contribution in [3.05, 3.63) is 0 Å². The molecule has 0 amide bonds. The molecule has 25 heavy (non-hydrogen) atoms. The summed E-state index contributed by atoms with van der Waals surface area (Å²) in [5, 5.41) is 9.00. The summed E-state index contributed by atoms with van der Waals surface area (Å²) in [4.78, 5) is 0. The third-order valence-corrected chi connectivity index (χ3v) is 10.1. The fourth-order valence-electron chi connectivity index (χ4n) is 8.76. The molecule has 140 valence electrons. The highest BCUT2D eigenvalue weighted by atomic mass is 14.6. The second kappa shape index (κ2) is 6.58. The fourth-order valence-corrected chi connectivity index (χ4v) is 8.76. The van der Waals surface area contributed by atoms with Crippen LogP contribution in [0, 0.1) is 57.7 Å². The van der Waals surface area contributed by atoms with Crippen LogP contribution >= 0.6 is 0 Å². The van der Waals surface area contributed by atoms with Crippen LogP contribution in [0.1, 0.15) is 97.8 Å². The van der Waals surface area contributed by atoms with E-state index in [0.29, 0.717) is 10.8 Å². The van der Waals surface area contributed by atoms with E-state index in [-0.39, 0.29) is 0 Å². The van der Waals surface area contributed by atoms with E-state index in [0.717, 1.165) is 48.3 Å². The van der Waals surface area contributed by atoms with Crippen molar-refractivity contribution in [1.82, 2.24) is 0 Å². The highest BCUT2D eigenvalue weighted by Crippen LogP contribution is 2.68. The summed E-state index contributed by atoms with van der Waals surface area (Å²) in [5.41, 5.74) is 1.25. The zero-order valence-electron chi connectivity index (χ0n) is 16.9. The van der Waals surface area contributed by atoms with E-state index in [1.54, 1.807) is 0 Å². The Labute approximate surface area is 156 Å². The molecule has 4 aliphatic rings. The summed E-state index contributed by atoms with van der Waals surface area (Å²) in [6.07, 6.45) is 16.9. The van der Waals surface area contributed by atoms with Crippen molar-refractivity contribution in [2.45, 2.75) is 97.8 Å². The van der Waals surface area contributed by atoms with Gasteiger partial charge in [-0.25, -0.2) is 0 Å². The highest BCUT2D eigenvalue weighted by Gasteiger charge is 2.59. The molecule has 0 aromatic heterocycles. The van der Waals surface area contributed by atoms with Gasteiger partial charge in [0.1, 0.15) is 0 Å². The molecule has 1 nitrogen and oxygen atoms in total. The summed E-state index contributed by atoms with van der Waals surface area (Å²) in [6, 6.07) is 2.39. The number of fused-ring (bicyclic) bond motifs is 5. The molecule has 0 aromatic rings. The number of hydrogen-bond donors (Lipinski definition) is 0. The summed E-state index contributed by atoms with van der Waals surface area (Å²) >= 11 is 0. The van der Waals surface area contributed by atoms with E-state index in [2.05, 4.69) is 26.8 Å². The van der Waals surface area contributed by atoms with Crippen LogP contribution in [0.15, 0.2) is 0 Å². The molecule has 8 atom stereocenters. The molecule has 1 heteroatoms. The molecule has 0 saturated heterocycles. The minimum atomic E-state index is 0.577. The third kappa shape index (κ3) is 2.69. The average Bonchev–Trinajstić information content (AvgIpc) is 2.96. The summed E-state index contributed by atoms with van der Waals surface area (Å²) in [5.74, 6) is 5.69. The van der Waals surface area contributed by atoms with Gasteiger partial charge in [0.2, 0.25) is 0 Å². The van der Waals surface area contributed by atoms with Crippen molar-refractivity contribution in [1.29, 1.82) is 5.26 Å². The molecule has 4 aliphatic carbocycles. The molecule has 0 N–H and O–H groups in total. The largest absolute Gasteiger partial charge is 0.198 e. The van der Waals surface area contributed by atoms with Crippen molar-refractivity contribution in [3.63, 3.8) is 0 Å². The average molecular weight is 342 g/mol. The van der Waals surface area contributed by atoms with E-state index in [1.807, 2.05) is 0 Å². The number of nitrogens with zero attached hydrogens (tertiary/aromatic N) is 1. The lowest BCUT2D eigenvalue weighted by molar-refractivity contribution is -0.114.